The molecular weight excluding hydrogens is 939 g/mol. The van der Waals surface area contributed by atoms with E-state index in [1.807, 2.05) is 0 Å². The van der Waals surface area contributed by atoms with Gasteiger partial charge in [-0.3, -0.25) is 48.1 Å². The number of nitrogens with two attached hydrogens (primary N) is 4. The molecule has 1 aromatic carbocycles. The lowest BCUT2D eigenvalue weighted by Gasteiger charge is -2.28. The van der Waals surface area contributed by atoms with Crippen LogP contribution in [-0.4, -0.2) is 172 Å². The largest absolute Gasteiger partial charge is 0.508 e. The Hall–Kier alpha value is -6.74. The Labute approximate surface area is 409 Å². The summed E-state index contributed by atoms with van der Waals surface area (Å²) in [6.07, 6.45) is 2.47. The Morgan fingerprint density at radius 3 is 2.00 bits per heavy atom. The fourth-order valence-electron chi connectivity index (χ4n) is 7.01. The summed E-state index contributed by atoms with van der Waals surface area (Å²) in [7, 11) is 0. The third-order valence-corrected chi connectivity index (χ3v) is 11.6. The molecule has 2 rings (SSSR count). The first-order valence-corrected chi connectivity index (χ1v) is 24.0. The normalized spacial score (nSPS) is 16.2. The van der Waals surface area contributed by atoms with Crippen molar-refractivity contribution in [3.05, 3.63) is 29.8 Å². The molecule has 9 amide bonds. The molecule has 26 nitrogen and oxygen atoms in total. The quantitative estimate of drug-likeness (QED) is 0.0195. The third kappa shape index (κ3) is 20.5. The number of phenolic OH excluding ortho intramolecular Hbond substituents is 1. The number of nitrogens with one attached hydrogen (secondary N) is 7. The highest BCUT2D eigenvalue weighted by Gasteiger charge is 2.38. The lowest BCUT2D eigenvalue weighted by molar-refractivity contribution is -0.142. The van der Waals surface area contributed by atoms with E-state index in [2.05, 4.69) is 42.2 Å². The number of aromatic hydroxyl groups is 1. The third-order valence-electron chi connectivity index (χ3n) is 10.9. The number of carbonyl (C=O) groups excluding carboxylic acids is 9. The Balaban J connectivity index is 2.06. The number of benzene rings is 1. The molecule has 1 fully saturated rings. The molecule has 18 N–H and O–H groups in total. The molecule has 1 aromatic rings. The molecule has 0 aromatic heterocycles. The van der Waals surface area contributed by atoms with E-state index in [1.54, 1.807) is 20.1 Å². The number of aliphatic hydroxyl groups is 1. The summed E-state index contributed by atoms with van der Waals surface area (Å²) < 4.78 is 0. The summed E-state index contributed by atoms with van der Waals surface area (Å²) in [5, 5.41) is 46.3. The van der Waals surface area contributed by atoms with Crippen molar-refractivity contribution in [2.75, 3.05) is 38.2 Å². The van der Waals surface area contributed by atoms with Crippen LogP contribution in [0, 0.1) is 5.92 Å². The van der Waals surface area contributed by atoms with Gasteiger partial charge in [0.15, 0.2) is 5.96 Å². The molecule has 0 spiro atoms. The van der Waals surface area contributed by atoms with Gasteiger partial charge in [0, 0.05) is 25.9 Å². The molecule has 0 radical (unpaired) electrons. The van der Waals surface area contributed by atoms with Gasteiger partial charge in [-0.1, -0.05) is 26.0 Å². The van der Waals surface area contributed by atoms with E-state index in [4.69, 9.17) is 22.9 Å². The van der Waals surface area contributed by atoms with Gasteiger partial charge in [-0.25, -0.2) is 4.79 Å². The number of carboxylic acids is 1. The smallest absolute Gasteiger partial charge is 0.326 e. The van der Waals surface area contributed by atoms with Gasteiger partial charge in [-0.05, 0) is 81.1 Å². The average molecular weight is 1010 g/mol. The van der Waals surface area contributed by atoms with Gasteiger partial charge in [0.2, 0.25) is 53.2 Å². The minimum absolute atomic E-state index is 0.0503. The van der Waals surface area contributed by atoms with Crippen molar-refractivity contribution < 1.29 is 63.3 Å². The second kappa shape index (κ2) is 30.0. The average Bonchev–Trinajstić information content (AvgIpc) is 3.80. The number of aliphatic carboxylic acids is 1. The zero-order valence-corrected chi connectivity index (χ0v) is 40.6. The molecule has 0 bridgehead atoms. The van der Waals surface area contributed by atoms with Crippen LogP contribution in [0.25, 0.3) is 0 Å². The molecule has 27 heteroatoms. The topological polar surface area (TPSA) is 435 Å². The van der Waals surface area contributed by atoms with E-state index < -0.39 is 127 Å². The van der Waals surface area contributed by atoms with E-state index in [-0.39, 0.29) is 63.3 Å². The van der Waals surface area contributed by atoms with Gasteiger partial charge in [0.05, 0.1) is 19.2 Å². The molecule has 1 heterocycles. The van der Waals surface area contributed by atoms with Crippen LogP contribution in [0.3, 0.4) is 0 Å². The van der Waals surface area contributed by atoms with Crippen molar-refractivity contribution in [3.63, 3.8) is 0 Å². The second-order valence-electron chi connectivity index (χ2n) is 16.9. The number of hydrogen-bond donors (Lipinski definition) is 14. The highest BCUT2D eigenvalue weighted by Crippen LogP contribution is 2.20. The van der Waals surface area contributed by atoms with Gasteiger partial charge in [0.1, 0.15) is 48.0 Å². The first-order valence-electron chi connectivity index (χ1n) is 22.6. The number of carbonyl (C=O) groups is 10. The second-order valence-corrected chi connectivity index (χ2v) is 17.9. The number of nitrogens with zero attached hydrogens (tertiary/aromatic N) is 2. The van der Waals surface area contributed by atoms with Gasteiger partial charge in [0.25, 0.3) is 0 Å². The van der Waals surface area contributed by atoms with Crippen LogP contribution in [0.2, 0.25) is 0 Å². The molecule has 1 aliphatic heterocycles. The highest BCUT2D eigenvalue weighted by atomic mass is 32.2. The van der Waals surface area contributed by atoms with Gasteiger partial charge < -0.3 is 80.4 Å². The van der Waals surface area contributed by atoms with E-state index in [1.165, 1.54) is 47.9 Å². The minimum Gasteiger partial charge on any atom is -0.508 e. The maximum Gasteiger partial charge on any atom is 0.326 e. The molecule has 8 atom stereocenters. The summed E-state index contributed by atoms with van der Waals surface area (Å²) in [4.78, 5) is 135. The number of rotatable bonds is 30. The number of likely N-dealkylation sites (tertiary alicyclic amines) is 1. The van der Waals surface area contributed by atoms with E-state index in [0.717, 1.165) is 0 Å². The lowest BCUT2D eigenvalue weighted by atomic mass is 10.0. The Morgan fingerprint density at radius 2 is 1.41 bits per heavy atom. The lowest BCUT2D eigenvalue weighted by Crippen LogP contribution is -2.59. The maximum absolute atomic E-state index is 13.6. The highest BCUT2D eigenvalue weighted by molar-refractivity contribution is 7.98. The zero-order chi connectivity index (χ0) is 52.7. The number of aliphatic hydroxyl groups excluding tert-OH is 1. The number of phenols is 1. The van der Waals surface area contributed by atoms with Crippen LogP contribution in [0.4, 0.5) is 0 Å². The predicted octanol–water partition coefficient (Wildman–Crippen LogP) is -4.90. The van der Waals surface area contributed by atoms with Crippen LogP contribution >= 0.6 is 11.8 Å². The number of thioether (sulfide) groups is 1. The van der Waals surface area contributed by atoms with E-state index >= 15 is 0 Å². The number of carboxylic acid groups (broad SMARTS) is 1. The first kappa shape index (κ1) is 59.4. The zero-order valence-electron chi connectivity index (χ0n) is 39.7. The van der Waals surface area contributed by atoms with Crippen molar-refractivity contribution in [2.24, 2.45) is 33.8 Å². The van der Waals surface area contributed by atoms with Crippen molar-refractivity contribution in [2.45, 2.75) is 120 Å². The summed E-state index contributed by atoms with van der Waals surface area (Å²) in [6.45, 7) is 3.17. The van der Waals surface area contributed by atoms with Gasteiger partial charge >= 0.3 is 5.97 Å². The predicted molar refractivity (Wildman–Crippen MR) is 256 cm³/mol. The van der Waals surface area contributed by atoms with Crippen LogP contribution < -0.4 is 60.2 Å². The van der Waals surface area contributed by atoms with Gasteiger partial charge in [-0.2, -0.15) is 11.8 Å². The standard InChI is InChI=1S/C43H69N13O13S/c1-22(2)34(40(66)53-29(19-24-9-11-25(58)12-10-24)38(64)52-28(42(68)69)15-18-70-4)55-33(60)20-49-36(62)30(21-57)54-35(61)23(3)50-37(63)27(13-14-32(45)59)51-39(65)31-8-6-17-56(31)41(67)26(44)7-5-16-48-43(46)47/h9-12,22-23,26-31,34,57-58H,5-8,13-21,44H2,1-4H3,(H2,45,59)(H,49,62)(H,50,63)(H,51,65)(H,52,64)(H,53,66)(H,54,61)(H,55,60)(H,68,69)(H4,46,47,48)/t23-,26-,27-,28-,29-,30-,31-,34-/m0/s1. The Morgan fingerprint density at radius 1 is 0.786 bits per heavy atom. The maximum atomic E-state index is 13.6. The Kier molecular flexibility index (Phi) is 25.4. The molecular formula is C43H69N13O13S. The number of aliphatic imine (C=N–C) groups is 1. The first-order chi connectivity index (χ1) is 33.0. The fraction of sp³-hybridized carbons (Fsp3) is 0.605. The van der Waals surface area contributed by atoms with Gasteiger partial charge in [-0.15, -0.1) is 0 Å². The fourth-order valence-corrected chi connectivity index (χ4v) is 7.48. The van der Waals surface area contributed by atoms with Crippen LogP contribution in [0.15, 0.2) is 29.3 Å². The minimum atomic E-state index is -1.65. The van der Waals surface area contributed by atoms with Crippen molar-refractivity contribution >= 4 is 76.9 Å². The van der Waals surface area contributed by atoms with Crippen LogP contribution in [-0.2, 0) is 54.4 Å². The number of hydrogen-bond acceptors (Lipinski definition) is 15. The van der Waals surface area contributed by atoms with E-state index in [9.17, 15) is 63.3 Å². The number of primary amides is 1. The van der Waals surface area contributed by atoms with E-state index in [0.29, 0.717) is 24.2 Å². The number of guanidine groups is 1. The van der Waals surface area contributed by atoms with Crippen LogP contribution in [0.1, 0.15) is 71.3 Å². The summed E-state index contributed by atoms with van der Waals surface area (Å²) in [5.74, 6) is -9.05. The monoisotopic (exact) mass is 1010 g/mol. The number of amides is 9. The van der Waals surface area contributed by atoms with Crippen molar-refractivity contribution in [3.8, 4) is 5.75 Å². The SMILES string of the molecule is CSCC[C@H](NC(=O)[C@H](Cc1ccc(O)cc1)NC(=O)[C@@H](NC(=O)CNC(=O)[C@H](CO)NC(=O)[C@H](C)NC(=O)[C@H](CCC(N)=O)NC(=O)[C@@H]1CCCN1C(=O)[C@@H](N)CCCN=C(N)N)C(C)C)C(=O)O. The molecule has 390 valence electrons. The summed E-state index contributed by atoms with van der Waals surface area (Å²) in [5.41, 5.74) is 22.6. The molecule has 1 saturated heterocycles. The Bertz CT molecular complexity index is 2020. The van der Waals surface area contributed by atoms with Crippen molar-refractivity contribution in [1.29, 1.82) is 0 Å². The van der Waals surface area contributed by atoms with Crippen molar-refractivity contribution in [1.82, 2.24) is 42.1 Å². The molecule has 0 unspecified atom stereocenters. The molecule has 70 heavy (non-hydrogen) atoms. The molecule has 0 saturated carbocycles. The molecule has 1 aliphatic rings. The summed E-state index contributed by atoms with van der Waals surface area (Å²) >= 11 is 1.38. The summed E-state index contributed by atoms with van der Waals surface area (Å²) in [6, 6.07) is -4.52. The molecule has 0 aliphatic carbocycles. The van der Waals surface area contributed by atoms with Crippen LogP contribution in [0.5, 0.6) is 5.75 Å².